The van der Waals surface area contributed by atoms with E-state index in [4.69, 9.17) is 21.1 Å². The van der Waals surface area contributed by atoms with Gasteiger partial charge in [0.05, 0.1) is 69.9 Å². The summed E-state index contributed by atoms with van der Waals surface area (Å²) in [6.07, 6.45) is 14.0. The standard InChI is InChI=1S/2C13H15N3O.C12H12ClN3/c1-17-12-2-3-13-10(6-12)4-5-16(13)8-11-7-14-9-15-11;1-17-12-3-2-10-4-5-16(13(10)6-12)8-11-7-14-9-15-11;13-11-2-1-3-12-10(11)4-5-16(12)7-9-6-14-8-15-9/h2*2-3,6-7,9H,4-5,8H2,1H3,(H,14,15);1-3,6,8H,4-5,7H2,(H,14,15). The van der Waals surface area contributed by atoms with Crippen molar-refractivity contribution in [3.63, 3.8) is 0 Å². The van der Waals surface area contributed by atoms with Crippen molar-refractivity contribution < 1.29 is 9.47 Å². The fourth-order valence-corrected chi connectivity index (χ4v) is 7.07. The number of hydrogen-bond acceptors (Lipinski definition) is 8. The fraction of sp³-hybridized carbons (Fsp3) is 0.289. The average molecular weight is 692 g/mol. The molecule has 0 radical (unpaired) electrons. The molecule has 6 aromatic rings. The summed E-state index contributed by atoms with van der Waals surface area (Å²) in [7, 11) is 3.41. The average Bonchev–Trinajstić information content (AvgIpc) is 4.01. The molecule has 0 saturated heterocycles. The summed E-state index contributed by atoms with van der Waals surface area (Å²) in [5.41, 5.74) is 11.3. The van der Waals surface area contributed by atoms with Crippen LogP contribution in [0.3, 0.4) is 0 Å². The molecule has 258 valence electrons. The van der Waals surface area contributed by atoms with Crippen LogP contribution in [0.15, 0.2) is 92.2 Å². The number of anilines is 3. The van der Waals surface area contributed by atoms with Gasteiger partial charge in [-0.2, -0.15) is 0 Å². The fourth-order valence-electron chi connectivity index (χ4n) is 6.81. The van der Waals surface area contributed by atoms with E-state index in [1.54, 1.807) is 33.2 Å². The Morgan fingerprint density at radius 3 is 1.74 bits per heavy atom. The first-order chi connectivity index (χ1) is 24.6. The first-order valence-electron chi connectivity index (χ1n) is 16.9. The van der Waals surface area contributed by atoms with Crippen LogP contribution in [0.5, 0.6) is 11.5 Å². The van der Waals surface area contributed by atoms with Gasteiger partial charge in [0, 0.05) is 66.4 Å². The van der Waals surface area contributed by atoms with Gasteiger partial charge in [0.2, 0.25) is 0 Å². The number of fused-ring (bicyclic) bond motifs is 3. The minimum atomic E-state index is 0.868. The van der Waals surface area contributed by atoms with Gasteiger partial charge in [-0.25, -0.2) is 15.0 Å². The Morgan fingerprint density at radius 1 is 0.600 bits per heavy atom. The highest BCUT2D eigenvalue weighted by Crippen LogP contribution is 2.35. The Balaban J connectivity index is 0.000000118. The summed E-state index contributed by atoms with van der Waals surface area (Å²) < 4.78 is 10.5. The second kappa shape index (κ2) is 15.4. The highest BCUT2D eigenvalue weighted by Gasteiger charge is 2.22. The number of aromatic nitrogens is 6. The number of methoxy groups -OCH3 is 2. The van der Waals surface area contributed by atoms with E-state index < -0.39 is 0 Å². The molecule has 0 atom stereocenters. The molecular formula is C38H42ClN9O2. The van der Waals surface area contributed by atoms with Crippen molar-refractivity contribution in [1.82, 2.24) is 29.9 Å². The molecule has 6 heterocycles. The van der Waals surface area contributed by atoms with Gasteiger partial charge in [0.1, 0.15) is 11.5 Å². The number of aromatic amines is 3. The third-order valence-corrected chi connectivity index (χ3v) is 9.73. The molecule has 0 amide bonds. The third-order valence-electron chi connectivity index (χ3n) is 9.38. The van der Waals surface area contributed by atoms with E-state index in [1.807, 2.05) is 42.9 Å². The smallest absolute Gasteiger partial charge is 0.120 e. The van der Waals surface area contributed by atoms with Crippen LogP contribution in [-0.4, -0.2) is 63.8 Å². The first kappa shape index (κ1) is 33.1. The molecule has 11 nitrogen and oxygen atoms in total. The number of nitrogens with one attached hydrogen (secondary N) is 3. The van der Waals surface area contributed by atoms with Crippen LogP contribution in [0.4, 0.5) is 17.1 Å². The van der Waals surface area contributed by atoms with E-state index in [-0.39, 0.29) is 0 Å². The number of imidazole rings is 3. The van der Waals surface area contributed by atoms with Gasteiger partial charge in [0.25, 0.3) is 0 Å². The molecule has 3 aromatic carbocycles. The van der Waals surface area contributed by atoms with Crippen LogP contribution >= 0.6 is 11.6 Å². The number of rotatable bonds is 8. The largest absolute Gasteiger partial charge is 0.497 e. The second-order valence-electron chi connectivity index (χ2n) is 12.5. The van der Waals surface area contributed by atoms with Crippen molar-refractivity contribution in [1.29, 1.82) is 0 Å². The summed E-state index contributed by atoms with van der Waals surface area (Å²) in [5.74, 6) is 1.85. The van der Waals surface area contributed by atoms with Gasteiger partial charge in [-0.05, 0) is 72.4 Å². The maximum Gasteiger partial charge on any atom is 0.120 e. The maximum absolute atomic E-state index is 6.17. The summed E-state index contributed by atoms with van der Waals surface area (Å²) in [5, 5.41) is 0.879. The molecule has 0 fully saturated rings. The summed E-state index contributed by atoms with van der Waals surface area (Å²) in [6.45, 7) is 5.77. The predicted molar refractivity (Wildman–Crippen MR) is 197 cm³/mol. The number of H-pyrrole nitrogens is 3. The van der Waals surface area contributed by atoms with Gasteiger partial charge < -0.3 is 39.1 Å². The SMILES string of the molecule is COc1ccc2c(c1)CCN2Cc1cnc[nH]1.COc1ccc2c(c1)N(Cc1cnc[nH]1)CC2.Clc1cccc2c1CCN2Cc1cnc[nH]1. The van der Waals surface area contributed by atoms with Crippen LogP contribution in [0.2, 0.25) is 5.02 Å². The normalized spacial score (nSPS) is 13.9. The summed E-state index contributed by atoms with van der Waals surface area (Å²) in [4.78, 5) is 28.6. The number of halogens is 1. The third kappa shape index (κ3) is 7.58. The molecule has 0 unspecified atom stereocenters. The lowest BCUT2D eigenvalue weighted by Gasteiger charge is -2.18. The number of hydrogen-bond donors (Lipinski definition) is 3. The molecule has 50 heavy (non-hydrogen) atoms. The lowest BCUT2D eigenvalue weighted by Crippen LogP contribution is -2.19. The quantitative estimate of drug-likeness (QED) is 0.164. The van der Waals surface area contributed by atoms with E-state index in [0.29, 0.717) is 0 Å². The van der Waals surface area contributed by atoms with E-state index in [0.717, 1.165) is 92.1 Å². The number of benzene rings is 3. The van der Waals surface area contributed by atoms with Crippen LogP contribution in [0, 0.1) is 0 Å². The van der Waals surface area contributed by atoms with Crippen molar-refractivity contribution in [3.8, 4) is 11.5 Å². The number of nitrogens with zero attached hydrogens (tertiary/aromatic N) is 6. The van der Waals surface area contributed by atoms with Crippen molar-refractivity contribution in [2.45, 2.75) is 38.9 Å². The summed E-state index contributed by atoms with van der Waals surface area (Å²) in [6, 6.07) is 18.7. The van der Waals surface area contributed by atoms with E-state index >= 15 is 0 Å². The maximum atomic E-state index is 6.17. The zero-order valence-corrected chi connectivity index (χ0v) is 29.2. The molecule has 12 heteroatoms. The Bertz CT molecular complexity index is 1960. The molecular weight excluding hydrogens is 650 g/mol. The second-order valence-corrected chi connectivity index (χ2v) is 12.9. The van der Waals surface area contributed by atoms with Gasteiger partial charge in [-0.1, -0.05) is 23.7 Å². The van der Waals surface area contributed by atoms with Crippen molar-refractivity contribution in [3.05, 3.63) is 131 Å². The van der Waals surface area contributed by atoms with E-state index in [1.165, 1.54) is 33.8 Å². The minimum absolute atomic E-state index is 0.868. The Labute approximate surface area is 297 Å². The van der Waals surface area contributed by atoms with Gasteiger partial charge in [-0.15, -0.1) is 0 Å². The molecule has 9 rings (SSSR count). The van der Waals surface area contributed by atoms with Crippen LogP contribution < -0.4 is 24.2 Å². The first-order valence-corrected chi connectivity index (χ1v) is 17.2. The van der Waals surface area contributed by atoms with Gasteiger partial charge in [0.15, 0.2) is 0 Å². The van der Waals surface area contributed by atoms with Crippen molar-refractivity contribution in [2.24, 2.45) is 0 Å². The van der Waals surface area contributed by atoms with Crippen LogP contribution in [0.25, 0.3) is 0 Å². The highest BCUT2D eigenvalue weighted by molar-refractivity contribution is 6.31. The molecule has 3 aliphatic heterocycles. The molecule has 3 aromatic heterocycles. The Morgan fingerprint density at radius 2 is 1.14 bits per heavy atom. The molecule has 0 bridgehead atoms. The van der Waals surface area contributed by atoms with Gasteiger partial charge >= 0.3 is 0 Å². The van der Waals surface area contributed by atoms with Crippen molar-refractivity contribution in [2.75, 3.05) is 48.6 Å². The lowest BCUT2D eigenvalue weighted by molar-refractivity contribution is 0.414. The van der Waals surface area contributed by atoms with E-state index in [9.17, 15) is 0 Å². The zero-order valence-electron chi connectivity index (χ0n) is 28.4. The number of ether oxygens (including phenoxy) is 2. The van der Waals surface area contributed by atoms with Crippen LogP contribution in [-0.2, 0) is 38.9 Å². The molecule has 0 aliphatic carbocycles. The topological polar surface area (TPSA) is 114 Å². The lowest BCUT2D eigenvalue weighted by atomic mass is 10.1. The minimum Gasteiger partial charge on any atom is -0.497 e. The van der Waals surface area contributed by atoms with Crippen LogP contribution in [0.1, 0.15) is 33.8 Å². The van der Waals surface area contributed by atoms with Gasteiger partial charge in [-0.3, -0.25) is 0 Å². The predicted octanol–water partition coefficient (Wildman–Crippen LogP) is 6.59. The molecule has 3 aliphatic rings. The molecule has 3 N–H and O–H groups in total. The molecule has 0 spiro atoms. The molecule has 0 saturated carbocycles. The Kier molecular flexibility index (Phi) is 10.2. The van der Waals surface area contributed by atoms with E-state index in [2.05, 4.69) is 74.9 Å². The Hall–Kier alpha value is -5.42. The summed E-state index contributed by atoms with van der Waals surface area (Å²) >= 11 is 6.17. The van der Waals surface area contributed by atoms with Crippen molar-refractivity contribution >= 4 is 28.7 Å². The monoisotopic (exact) mass is 691 g/mol. The highest BCUT2D eigenvalue weighted by atomic mass is 35.5. The zero-order chi connectivity index (χ0) is 34.3.